The van der Waals surface area contributed by atoms with Crippen LogP contribution in [0.5, 0.6) is 5.75 Å². The van der Waals surface area contributed by atoms with E-state index in [1.807, 2.05) is 0 Å². The van der Waals surface area contributed by atoms with Crippen molar-refractivity contribution in [3.05, 3.63) is 29.6 Å². The topological polar surface area (TPSA) is 33.0 Å². The first-order valence-electron chi connectivity index (χ1n) is 3.28. The first kappa shape index (κ1) is 9.39. The van der Waals surface area contributed by atoms with Gasteiger partial charge in [0, 0.05) is 6.07 Å². The molecule has 0 aliphatic rings. The largest absolute Gasteiger partial charge is 0.435 e. The highest BCUT2D eigenvalue weighted by molar-refractivity contribution is 5.36. The van der Waals surface area contributed by atoms with Gasteiger partial charge in [-0.05, 0) is 12.1 Å². The van der Waals surface area contributed by atoms with Gasteiger partial charge in [0.05, 0.1) is 5.56 Å². The standard InChI is InChI=1S/C8H4F3NO/c9-7-3-6(13-8(10)11)2-1-5(7)4-12/h1-3,8H. The van der Waals surface area contributed by atoms with Crippen LogP contribution in [0.1, 0.15) is 5.56 Å². The second kappa shape index (κ2) is 3.81. The predicted molar refractivity (Wildman–Crippen MR) is 37.7 cm³/mol. The number of ether oxygens (including phenoxy) is 1. The third-order valence-corrected chi connectivity index (χ3v) is 1.29. The maximum absolute atomic E-state index is 12.8. The maximum Gasteiger partial charge on any atom is 0.387 e. The monoisotopic (exact) mass is 187 g/mol. The SMILES string of the molecule is N#Cc1ccc(OC(F)F)cc1F. The minimum absolute atomic E-state index is 0.207. The Kier molecular flexibility index (Phi) is 2.75. The zero-order valence-corrected chi connectivity index (χ0v) is 6.30. The van der Waals surface area contributed by atoms with Gasteiger partial charge < -0.3 is 4.74 Å². The van der Waals surface area contributed by atoms with Gasteiger partial charge in [0.2, 0.25) is 0 Å². The Morgan fingerprint density at radius 3 is 2.54 bits per heavy atom. The van der Waals surface area contributed by atoms with Crippen molar-refractivity contribution < 1.29 is 17.9 Å². The van der Waals surface area contributed by atoms with Gasteiger partial charge in [0.15, 0.2) is 0 Å². The molecular weight excluding hydrogens is 183 g/mol. The van der Waals surface area contributed by atoms with Gasteiger partial charge in [-0.3, -0.25) is 0 Å². The lowest BCUT2D eigenvalue weighted by Crippen LogP contribution is -2.02. The lowest BCUT2D eigenvalue weighted by Gasteiger charge is -2.03. The highest BCUT2D eigenvalue weighted by Crippen LogP contribution is 2.17. The van der Waals surface area contributed by atoms with Crippen LogP contribution >= 0.6 is 0 Å². The Labute approximate surface area is 72.2 Å². The van der Waals surface area contributed by atoms with E-state index in [-0.39, 0.29) is 11.3 Å². The molecule has 0 saturated carbocycles. The van der Waals surface area contributed by atoms with Gasteiger partial charge in [0.25, 0.3) is 0 Å². The van der Waals surface area contributed by atoms with Gasteiger partial charge in [-0.1, -0.05) is 0 Å². The summed E-state index contributed by atoms with van der Waals surface area (Å²) >= 11 is 0. The van der Waals surface area contributed by atoms with E-state index in [4.69, 9.17) is 5.26 Å². The normalized spacial score (nSPS) is 9.77. The summed E-state index contributed by atoms with van der Waals surface area (Å²) in [6.45, 7) is -2.99. The number of hydrogen-bond acceptors (Lipinski definition) is 2. The molecule has 0 saturated heterocycles. The van der Waals surface area contributed by atoms with E-state index in [2.05, 4.69) is 4.74 Å². The van der Waals surface area contributed by atoms with Crippen molar-refractivity contribution >= 4 is 0 Å². The summed E-state index contributed by atoms with van der Waals surface area (Å²) in [6.07, 6.45) is 0. The molecule has 68 valence electrons. The Balaban J connectivity index is 2.91. The number of nitrogens with zero attached hydrogens (tertiary/aromatic N) is 1. The molecule has 1 aromatic rings. The van der Waals surface area contributed by atoms with Crippen molar-refractivity contribution in [2.75, 3.05) is 0 Å². The summed E-state index contributed by atoms with van der Waals surface area (Å²) in [6, 6.07) is 4.48. The van der Waals surface area contributed by atoms with Crippen molar-refractivity contribution in [1.29, 1.82) is 5.26 Å². The lowest BCUT2D eigenvalue weighted by atomic mass is 10.2. The summed E-state index contributed by atoms with van der Waals surface area (Å²) in [5, 5.41) is 8.31. The number of alkyl halides is 2. The fourth-order valence-electron chi connectivity index (χ4n) is 0.763. The van der Waals surface area contributed by atoms with Gasteiger partial charge in [0.1, 0.15) is 17.6 Å². The minimum Gasteiger partial charge on any atom is -0.435 e. The van der Waals surface area contributed by atoms with Crippen LogP contribution in [-0.4, -0.2) is 6.61 Å². The van der Waals surface area contributed by atoms with Crippen molar-refractivity contribution in [3.63, 3.8) is 0 Å². The van der Waals surface area contributed by atoms with Crippen LogP contribution in [-0.2, 0) is 0 Å². The average molecular weight is 187 g/mol. The summed E-state index contributed by atoms with van der Waals surface area (Å²) < 4.78 is 39.9. The van der Waals surface area contributed by atoms with Crippen LogP contribution in [0.25, 0.3) is 0 Å². The highest BCUT2D eigenvalue weighted by atomic mass is 19.3. The molecule has 0 radical (unpaired) electrons. The van der Waals surface area contributed by atoms with E-state index in [9.17, 15) is 13.2 Å². The van der Waals surface area contributed by atoms with Crippen molar-refractivity contribution in [1.82, 2.24) is 0 Å². The molecule has 0 spiro atoms. The quantitative estimate of drug-likeness (QED) is 0.711. The predicted octanol–water partition coefficient (Wildman–Crippen LogP) is 2.30. The van der Waals surface area contributed by atoms with E-state index in [1.165, 1.54) is 0 Å². The highest BCUT2D eigenvalue weighted by Gasteiger charge is 2.07. The zero-order valence-electron chi connectivity index (χ0n) is 6.30. The van der Waals surface area contributed by atoms with Gasteiger partial charge in [-0.15, -0.1) is 0 Å². The Bertz CT molecular complexity index is 346. The van der Waals surface area contributed by atoms with E-state index in [0.717, 1.165) is 18.2 Å². The Hall–Kier alpha value is -1.70. The summed E-state index contributed by atoms with van der Waals surface area (Å²) in [7, 11) is 0. The molecule has 0 aliphatic carbocycles. The van der Waals surface area contributed by atoms with Crippen LogP contribution in [0.2, 0.25) is 0 Å². The second-order valence-corrected chi connectivity index (χ2v) is 2.13. The Morgan fingerprint density at radius 2 is 2.08 bits per heavy atom. The molecule has 1 rings (SSSR count). The molecule has 0 atom stereocenters. The number of hydrogen-bond donors (Lipinski definition) is 0. The van der Waals surface area contributed by atoms with Crippen LogP contribution < -0.4 is 4.74 Å². The molecule has 2 nitrogen and oxygen atoms in total. The molecule has 1 aromatic carbocycles. The van der Waals surface area contributed by atoms with Gasteiger partial charge in [-0.25, -0.2) is 4.39 Å². The van der Waals surface area contributed by atoms with Crippen molar-refractivity contribution in [3.8, 4) is 11.8 Å². The number of rotatable bonds is 2. The van der Waals surface area contributed by atoms with E-state index < -0.39 is 12.4 Å². The van der Waals surface area contributed by atoms with Crippen LogP contribution in [0.15, 0.2) is 18.2 Å². The first-order valence-corrected chi connectivity index (χ1v) is 3.28. The summed E-state index contributed by atoms with van der Waals surface area (Å²) in [5.74, 6) is -1.17. The maximum atomic E-state index is 12.8. The van der Waals surface area contributed by atoms with Crippen molar-refractivity contribution in [2.24, 2.45) is 0 Å². The van der Waals surface area contributed by atoms with Crippen molar-refractivity contribution in [2.45, 2.75) is 6.61 Å². The molecule has 0 aromatic heterocycles. The summed E-state index contributed by atoms with van der Waals surface area (Å²) in [5.41, 5.74) is -0.207. The molecular formula is C8H4F3NO. The second-order valence-electron chi connectivity index (χ2n) is 2.13. The molecule has 0 unspecified atom stereocenters. The molecule has 0 heterocycles. The van der Waals surface area contributed by atoms with Gasteiger partial charge in [-0.2, -0.15) is 14.0 Å². The Morgan fingerprint density at radius 1 is 1.38 bits per heavy atom. The number of benzene rings is 1. The zero-order chi connectivity index (χ0) is 9.84. The molecule has 0 fully saturated rings. The molecule has 5 heteroatoms. The molecule has 0 bridgehead atoms. The van der Waals surface area contributed by atoms with E-state index in [0.29, 0.717) is 0 Å². The van der Waals surface area contributed by atoms with Crippen LogP contribution in [0.4, 0.5) is 13.2 Å². The lowest BCUT2D eigenvalue weighted by molar-refractivity contribution is -0.0499. The van der Waals surface area contributed by atoms with Crippen LogP contribution in [0.3, 0.4) is 0 Å². The van der Waals surface area contributed by atoms with E-state index >= 15 is 0 Å². The molecule has 0 N–H and O–H groups in total. The fourth-order valence-corrected chi connectivity index (χ4v) is 0.763. The van der Waals surface area contributed by atoms with Gasteiger partial charge >= 0.3 is 6.61 Å². The number of halogens is 3. The molecule has 0 amide bonds. The van der Waals surface area contributed by atoms with Crippen LogP contribution in [0, 0.1) is 17.1 Å². The third-order valence-electron chi connectivity index (χ3n) is 1.29. The fraction of sp³-hybridized carbons (Fsp3) is 0.125. The molecule has 13 heavy (non-hydrogen) atoms. The third kappa shape index (κ3) is 2.37. The summed E-state index contributed by atoms with van der Waals surface area (Å²) in [4.78, 5) is 0. The average Bonchev–Trinajstić information content (AvgIpc) is 2.03. The first-order chi connectivity index (χ1) is 6.13. The van der Waals surface area contributed by atoms with E-state index in [1.54, 1.807) is 6.07 Å². The number of nitriles is 1. The smallest absolute Gasteiger partial charge is 0.387 e. The molecule has 0 aliphatic heterocycles. The minimum atomic E-state index is -2.99.